The fourth-order valence-corrected chi connectivity index (χ4v) is 5.32. The largest absolute Gasteiger partial charge is 0.350 e. The molecule has 0 saturated carbocycles. The summed E-state index contributed by atoms with van der Waals surface area (Å²) < 4.78 is 43.3. The Morgan fingerprint density at radius 3 is 2.02 bits per heavy atom. The molecule has 1 atom stereocenters. The van der Waals surface area contributed by atoms with E-state index >= 15 is 0 Å². The SMILES string of the molecule is Cc1ccc(CN(C(=O)CN(c2ccccc2F)S(=O)(=O)N(C)C)[C@H](Cc2ccccc2)C(=O)NC(C)(C)C)cc1. The van der Waals surface area contributed by atoms with E-state index in [1.165, 1.54) is 37.2 Å². The third-order valence-corrected chi connectivity index (χ3v) is 8.19. The van der Waals surface area contributed by atoms with E-state index in [2.05, 4.69) is 5.32 Å². The second kappa shape index (κ2) is 13.3. The van der Waals surface area contributed by atoms with Crippen molar-refractivity contribution in [3.8, 4) is 0 Å². The molecule has 3 rings (SSSR count). The normalized spacial score (nSPS) is 12.6. The van der Waals surface area contributed by atoms with Crippen molar-refractivity contribution < 1.29 is 22.4 Å². The van der Waals surface area contributed by atoms with Gasteiger partial charge in [0.15, 0.2) is 0 Å². The summed E-state index contributed by atoms with van der Waals surface area (Å²) in [6, 6.07) is 21.2. The van der Waals surface area contributed by atoms with Crippen LogP contribution in [0.5, 0.6) is 0 Å². The Hall–Kier alpha value is -3.76. The summed E-state index contributed by atoms with van der Waals surface area (Å²) in [5.41, 5.74) is 1.77. The van der Waals surface area contributed by atoms with Crippen LogP contribution in [-0.4, -0.2) is 61.7 Å². The van der Waals surface area contributed by atoms with Gasteiger partial charge in [-0.2, -0.15) is 12.7 Å². The molecule has 220 valence electrons. The molecule has 41 heavy (non-hydrogen) atoms. The van der Waals surface area contributed by atoms with Crippen molar-refractivity contribution in [2.24, 2.45) is 0 Å². The van der Waals surface area contributed by atoms with Crippen LogP contribution < -0.4 is 9.62 Å². The molecule has 8 nitrogen and oxygen atoms in total. The fraction of sp³-hybridized carbons (Fsp3) is 0.355. The molecule has 0 heterocycles. The fourth-order valence-electron chi connectivity index (χ4n) is 4.25. The van der Waals surface area contributed by atoms with E-state index in [-0.39, 0.29) is 24.6 Å². The Balaban J connectivity index is 2.12. The van der Waals surface area contributed by atoms with Gasteiger partial charge in [-0.25, -0.2) is 8.70 Å². The number of carbonyl (C=O) groups excluding carboxylic acids is 2. The molecular formula is C31H39FN4O4S. The molecule has 0 aromatic heterocycles. The predicted octanol–water partition coefficient (Wildman–Crippen LogP) is 4.30. The molecule has 0 fully saturated rings. The van der Waals surface area contributed by atoms with Gasteiger partial charge >= 0.3 is 10.2 Å². The smallest absolute Gasteiger partial charge is 0.304 e. The lowest BCUT2D eigenvalue weighted by Crippen LogP contribution is -2.56. The lowest BCUT2D eigenvalue weighted by Gasteiger charge is -2.35. The average molecular weight is 583 g/mol. The summed E-state index contributed by atoms with van der Waals surface area (Å²) in [7, 11) is -1.65. The molecule has 3 aromatic carbocycles. The highest BCUT2D eigenvalue weighted by atomic mass is 32.2. The predicted molar refractivity (Wildman–Crippen MR) is 160 cm³/mol. The van der Waals surface area contributed by atoms with Crippen molar-refractivity contribution in [1.29, 1.82) is 0 Å². The summed E-state index contributed by atoms with van der Waals surface area (Å²) in [5, 5.41) is 2.98. The van der Waals surface area contributed by atoms with Gasteiger partial charge in [0.25, 0.3) is 0 Å². The Morgan fingerprint density at radius 2 is 1.46 bits per heavy atom. The second-order valence-corrected chi connectivity index (χ2v) is 13.3. The van der Waals surface area contributed by atoms with E-state index in [1.807, 2.05) is 82.3 Å². The van der Waals surface area contributed by atoms with Crippen LogP contribution >= 0.6 is 0 Å². The van der Waals surface area contributed by atoms with Crippen LogP contribution in [0, 0.1) is 12.7 Å². The van der Waals surface area contributed by atoms with Gasteiger partial charge in [0.2, 0.25) is 11.8 Å². The van der Waals surface area contributed by atoms with Crippen LogP contribution in [0.1, 0.15) is 37.5 Å². The van der Waals surface area contributed by atoms with Crippen molar-refractivity contribution in [1.82, 2.24) is 14.5 Å². The number of amides is 2. The first-order chi connectivity index (χ1) is 19.2. The van der Waals surface area contributed by atoms with Gasteiger partial charge in [0, 0.05) is 32.6 Å². The van der Waals surface area contributed by atoms with Crippen molar-refractivity contribution in [2.45, 2.75) is 52.2 Å². The number of carbonyl (C=O) groups is 2. The Bertz CT molecular complexity index is 1440. The number of anilines is 1. The standard InChI is InChI=1S/C31H39FN4O4S/c1-23-16-18-25(19-17-23)21-35(28(30(38)33-31(2,3)4)20-24-12-8-7-9-13-24)29(37)22-36(41(39,40)34(5)6)27-15-11-10-14-26(27)32/h7-19,28H,20-22H2,1-6H3,(H,33,38)/t28-/m1/s1. The molecule has 2 amide bonds. The molecule has 0 aliphatic heterocycles. The summed E-state index contributed by atoms with van der Waals surface area (Å²) in [6.07, 6.45) is 0.195. The lowest BCUT2D eigenvalue weighted by atomic mass is 10.0. The molecule has 0 aliphatic carbocycles. The summed E-state index contributed by atoms with van der Waals surface area (Å²) in [6.45, 7) is 6.82. The van der Waals surface area contributed by atoms with Crippen molar-refractivity contribution in [3.05, 3.63) is 101 Å². The minimum atomic E-state index is -4.28. The highest BCUT2D eigenvalue weighted by Gasteiger charge is 2.36. The van der Waals surface area contributed by atoms with Gasteiger partial charge in [-0.05, 0) is 51.0 Å². The monoisotopic (exact) mass is 582 g/mol. The third kappa shape index (κ3) is 8.61. The van der Waals surface area contributed by atoms with E-state index in [0.29, 0.717) is 0 Å². The molecule has 1 N–H and O–H groups in total. The maximum atomic E-state index is 14.9. The van der Waals surface area contributed by atoms with Crippen LogP contribution in [-0.2, 0) is 32.8 Å². The first kappa shape index (κ1) is 31.8. The quantitative estimate of drug-likeness (QED) is 0.365. The zero-order valence-corrected chi connectivity index (χ0v) is 25.3. The first-order valence-electron chi connectivity index (χ1n) is 13.3. The molecule has 10 heteroatoms. The number of hydrogen-bond acceptors (Lipinski definition) is 4. The second-order valence-electron chi connectivity index (χ2n) is 11.2. The highest BCUT2D eigenvalue weighted by Crippen LogP contribution is 2.24. The third-order valence-electron chi connectivity index (χ3n) is 6.38. The number of rotatable bonds is 11. The van der Waals surface area contributed by atoms with Crippen molar-refractivity contribution in [3.63, 3.8) is 0 Å². The van der Waals surface area contributed by atoms with Gasteiger partial charge in [-0.1, -0.05) is 72.3 Å². The van der Waals surface area contributed by atoms with Crippen LogP contribution in [0.15, 0.2) is 78.9 Å². The number of nitrogens with zero attached hydrogens (tertiary/aromatic N) is 3. The summed E-state index contributed by atoms with van der Waals surface area (Å²) >= 11 is 0. The summed E-state index contributed by atoms with van der Waals surface area (Å²) in [5.74, 6) is -1.82. The molecule has 3 aromatic rings. The number of aryl methyl sites for hydroxylation is 1. The van der Waals surface area contributed by atoms with Gasteiger partial charge < -0.3 is 10.2 Å². The van der Waals surface area contributed by atoms with E-state index in [1.54, 1.807) is 0 Å². The average Bonchev–Trinajstić information content (AvgIpc) is 2.90. The molecule has 0 bridgehead atoms. The zero-order chi connectivity index (χ0) is 30.4. The van der Waals surface area contributed by atoms with E-state index in [4.69, 9.17) is 0 Å². The Morgan fingerprint density at radius 1 is 0.878 bits per heavy atom. The maximum absolute atomic E-state index is 14.9. The van der Waals surface area contributed by atoms with Crippen LogP contribution in [0.25, 0.3) is 0 Å². The highest BCUT2D eigenvalue weighted by molar-refractivity contribution is 7.90. The van der Waals surface area contributed by atoms with Gasteiger partial charge in [-0.15, -0.1) is 0 Å². The van der Waals surface area contributed by atoms with Crippen LogP contribution in [0.2, 0.25) is 0 Å². The molecule has 0 spiro atoms. The van der Waals surface area contributed by atoms with E-state index in [9.17, 15) is 22.4 Å². The molecule has 0 radical (unpaired) electrons. The first-order valence-corrected chi connectivity index (χ1v) is 14.7. The topological polar surface area (TPSA) is 90.0 Å². The zero-order valence-electron chi connectivity index (χ0n) is 24.5. The minimum absolute atomic E-state index is 0.0430. The summed E-state index contributed by atoms with van der Waals surface area (Å²) in [4.78, 5) is 29.3. The maximum Gasteiger partial charge on any atom is 0.304 e. The van der Waals surface area contributed by atoms with Crippen molar-refractivity contribution in [2.75, 3.05) is 24.9 Å². The molecule has 0 unspecified atom stereocenters. The van der Waals surface area contributed by atoms with Gasteiger partial charge in [0.1, 0.15) is 18.4 Å². The number of nitrogens with one attached hydrogen (secondary N) is 1. The van der Waals surface area contributed by atoms with E-state index < -0.39 is 40.1 Å². The van der Waals surface area contributed by atoms with Crippen LogP contribution in [0.3, 0.4) is 0 Å². The van der Waals surface area contributed by atoms with E-state index in [0.717, 1.165) is 31.4 Å². The number of halogens is 1. The number of hydrogen-bond donors (Lipinski definition) is 1. The molecule has 0 aliphatic rings. The van der Waals surface area contributed by atoms with Crippen molar-refractivity contribution >= 4 is 27.7 Å². The van der Waals surface area contributed by atoms with Crippen LogP contribution in [0.4, 0.5) is 10.1 Å². The number of benzene rings is 3. The molecule has 0 saturated heterocycles. The van der Waals surface area contributed by atoms with Gasteiger partial charge in [-0.3, -0.25) is 9.59 Å². The lowest BCUT2D eigenvalue weighted by molar-refractivity contribution is -0.140. The minimum Gasteiger partial charge on any atom is -0.350 e. The number of para-hydroxylation sites is 1. The molecular weight excluding hydrogens is 543 g/mol. The van der Waals surface area contributed by atoms with Gasteiger partial charge in [0.05, 0.1) is 5.69 Å². The Labute approximate surface area is 243 Å². The Kier molecular flexibility index (Phi) is 10.3.